The van der Waals surface area contributed by atoms with Crippen molar-refractivity contribution >= 4 is 0 Å². The van der Waals surface area contributed by atoms with Gasteiger partial charge in [0.1, 0.15) is 5.75 Å². The number of aromatic nitrogens is 2. The maximum Gasteiger partial charge on any atom is 0.231 e. The van der Waals surface area contributed by atoms with Crippen LogP contribution in [0.25, 0.3) is 16.9 Å². The molecule has 6 nitrogen and oxygen atoms in total. The number of phenols is 1. The number of benzene rings is 3. The van der Waals surface area contributed by atoms with Crippen molar-refractivity contribution in [1.29, 1.82) is 0 Å². The molecule has 31 heavy (non-hydrogen) atoms. The highest BCUT2D eigenvalue weighted by Gasteiger charge is 2.18. The Morgan fingerprint density at radius 2 is 1.74 bits per heavy atom. The van der Waals surface area contributed by atoms with Crippen LogP contribution in [0.5, 0.6) is 17.2 Å². The van der Waals surface area contributed by atoms with Crippen molar-refractivity contribution < 1.29 is 14.6 Å². The van der Waals surface area contributed by atoms with E-state index >= 15 is 0 Å². The lowest BCUT2D eigenvalue weighted by Gasteiger charge is -2.06. The molecule has 0 saturated heterocycles. The smallest absolute Gasteiger partial charge is 0.231 e. The number of ether oxygens (including phenoxy) is 2. The Balaban J connectivity index is 1.37. The van der Waals surface area contributed by atoms with E-state index in [0.29, 0.717) is 12.3 Å². The van der Waals surface area contributed by atoms with Gasteiger partial charge in [0, 0.05) is 23.9 Å². The van der Waals surface area contributed by atoms with Gasteiger partial charge < -0.3 is 19.9 Å². The molecule has 1 aliphatic heterocycles. The molecule has 2 N–H and O–H groups in total. The molecule has 0 unspecified atom stereocenters. The maximum absolute atomic E-state index is 9.43. The van der Waals surface area contributed by atoms with Crippen LogP contribution in [0.15, 0.2) is 79.0 Å². The van der Waals surface area contributed by atoms with Gasteiger partial charge in [0.05, 0.1) is 11.4 Å². The number of aromatic hydroxyl groups is 1. The summed E-state index contributed by atoms with van der Waals surface area (Å²) in [4.78, 5) is 0. The summed E-state index contributed by atoms with van der Waals surface area (Å²) < 4.78 is 12.9. The van der Waals surface area contributed by atoms with Crippen LogP contribution in [0.3, 0.4) is 0 Å². The molecule has 0 aliphatic carbocycles. The number of hydrogen-bond donors (Lipinski definition) is 2. The van der Waals surface area contributed by atoms with E-state index in [1.165, 1.54) is 5.56 Å². The van der Waals surface area contributed by atoms with Gasteiger partial charge in [0.2, 0.25) is 6.79 Å². The molecule has 0 atom stereocenters. The molecular weight excluding hydrogens is 390 g/mol. The second kappa shape index (κ2) is 8.53. The quantitative estimate of drug-likeness (QED) is 0.442. The summed E-state index contributed by atoms with van der Waals surface area (Å²) in [6.07, 6.45) is 2.95. The summed E-state index contributed by atoms with van der Waals surface area (Å²) in [5, 5.41) is 17.8. The second-order valence-corrected chi connectivity index (χ2v) is 7.44. The first-order chi connectivity index (χ1) is 15.3. The molecule has 1 aliphatic rings. The fourth-order valence-corrected chi connectivity index (χ4v) is 3.66. The standard InChI is InChI=1S/C25H23N3O3/c29-22-9-6-18(7-10-22)12-13-26-15-20-16-28(21-4-2-1-3-5-21)27-25(20)19-8-11-23-24(14-19)31-17-30-23/h1-11,14,16,26,29H,12-13,15,17H2. The van der Waals surface area contributed by atoms with Gasteiger partial charge in [-0.3, -0.25) is 0 Å². The van der Waals surface area contributed by atoms with E-state index in [0.717, 1.165) is 47.0 Å². The molecule has 0 saturated carbocycles. The second-order valence-electron chi connectivity index (χ2n) is 7.44. The molecule has 0 radical (unpaired) electrons. The van der Waals surface area contributed by atoms with E-state index in [1.54, 1.807) is 12.1 Å². The van der Waals surface area contributed by atoms with Crippen molar-refractivity contribution in [3.05, 3.63) is 90.1 Å². The lowest BCUT2D eigenvalue weighted by molar-refractivity contribution is 0.174. The topological polar surface area (TPSA) is 68.5 Å². The first-order valence-corrected chi connectivity index (χ1v) is 10.3. The minimum Gasteiger partial charge on any atom is -0.508 e. The summed E-state index contributed by atoms with van der Waals surface area (Å²) in [5.74, 6) is 1.80. The molecule has 0 amide bonds. The van der Waals surface area contributed by atoms with Crippen LogP contribution in [-0.4, -0.2) is 28.2 Å². The largest absolute Gasteiger partial charge is 0.508 e. The summed E-state index contributed by atoms with van der Waals surface area (Å²) >= 11 is 0. The lowest BCUT2D eigenvalue weighted by atomic mass is 10.1. The van der Waals surface area contributed by atoms with E-state index in [1.807, 2.05) is 65.3 Å². The maximum atomic E-state index is 9.43. The Labute approximate surface area is 180 Å². The molecule has 0 bridgehead atoms. The van der Waals surface area contributed by atoms with Gasteiger partial charge >= 0.3 is 0 Å². The van der Waals surface area contributed by atoms with Crippen LogP contribution in [0.4, 0.5) is 0 Å². The number of nitrogens with zero attached hydrogens (tertiary/aromatic N) is 2. The first-order valence-electron chi connectivity index (χ1n) is 10.3. The minimum absolute atomic E-state index is 0.253. The van der Waals surface area contributed by atoms with Gasteiger partial charge in [-0.25, -0.2) is 4.68 Å². The molecule has 4 aromatic rings. The van der Waals surface area contributed by atoms with Crippen molar-refractivity contribution in [3.8, 4) is 34.2 Å². The summed E-state index contributed by atoms with van der Waals surface area (Å²) in [7, 11) is 0. The zero-order chi connectivity index (χ0) is 21.0. The summed E-state index contributed by atoms with van der Waals surface area (Å²) in [6.45, 7) is 1.76. The van der Waals surface area contributed by atoms with Crippen molar-refractivity contribution in [2.75, 3.05) is 13.3 Å². The predicted molar refractivity (Wildman–Crippen MR) is 119 cm³/mol. The van der Waals surface area contributed by atoms with Crippen LogP contribution in [0, 0.1) is 0 Å². The molecule has 156 valence electrons. The highest BCUT2D eigenvalue weighted by Crippen LogP contribution is 2.36. The molecular formula is C25H23N3O3. The van der Waals surface area contributed by atoms with Gasteiger partial charge in [-0.15, -0.1) is 0 Å². The lowest BCUT2D eigenvalue weighted by Crippen LogP contribution is -2.16. The van der Waals surface area contributed by atoms with Crippen LogP contribution >= 0.6 is 0 Å². The SMILES string of the molecule is Oc1ccc(CCNCc2cn(-c3ccccc3)nc2-c2ccc3c(c2)OCO3)cc1. The third-order valence-corrected chi connectivity index (χ3v) is 5.30. The van der Waals surface area contributed by atoms with Crippen molar-refractivity contribution in [2.45, 2.75) is 13.0 Å². The highest BCUT2D eigenvalue weighted by atomic mass is 16.7. The van der Waals surface area contributed by atoms with E-state index in [4.69, 9.17) is 14.6 Å². The van der Waals surface area contributed by atoms with Crippen molar-refractivity contribution in [1.82, 2.24) is 15.1 Å². The Hall–Kier alpha value is -3.77. The molecule has 0 fully saturated rings. The average Bonchev–Trinajstić information content (AvgIpc) is 3.45. The Morgan fingerprint density at radius 1 is 0.935 bits per heavy atom. The molecule has 2 heterocycles. The Bertz CT molecular complexity index is 1170. The van der Waals surface area contributed by atoms with Crippen LogP contribution in [0.2, 0.25) is 0 Å². The van der Waals surface area contributed by atoms with E-state index < -0.39 is 0 Å². The third-order valence-electron chi connectivity index (χ3n) is 5.30. The fraction of sp³-hybridized carbons (Fsp3) is 0.160. The van der Waals surface area contributed by atoms with Gasteiger partial charge in [0.15, 0.2) is 11.5 Å². The first kappa shape index (κ1) is 19.2. The van der Waals surface area contributed by atoms with Crippen molar-refractivity contribution in [2.24, 2.45) is 0 Å². The predicted octanol–water partition coefficient (Wildman–Crippen LogP) is 4.31. The monoisotopic (exact) mass is 413 g/mol. The van der Waals surface area contributed by atoms with E-state index in [9.17, 15) is 5.11 Å². The van der Waals surface area contributed by atoms with E-state index in [2.05, 4.69) is 11.5 Å². The zero-order valence-corrected chi connectivity index (χ0v) is 17.0. The van der Waals surface area contributed by atoms with E-state index in [-0.39, 0.29) is 6.79 Å². The molecule has 0 spiro atoms. The summed E-state index contributed by atoms with van der Waals surface area (Å²) in [5.41, 5.74) is 5.21. The number of hydrogen-bond acceptors (Lipinski definition) is 5. The normalized spacial score (nSPS) is 12.3. The third kappa shape index (κ3) is 4.25. The van der Waals surface area contributed by atoms with Gasteiger partial charge in [-0.2, -0.15) is 5.10 Å². The van der Waals surface area contributed by atoms with Crippen LogP contribution < -0.4 is 14.8 Å². The number of fused-ring (bicyclic) bond motifs is 1. The summed E-state index contributed by atoms with van der Waals surface area (Å²) in [6, 6.07) is 23.4. The Kier molecular flexibility index (Phi) is 5.29. The van der Waals surface area contributed by atoms with Crippen LogP contribution in [-0.2, 0) is 13.0 Å². The number of phenolic OH excluding ortho intramolecular Hbond substituents is 1. The number of rotatable bonds is 7. The highest BCUT2D eigenvalue weighted by molar-refractivity contribution is 5.67. The Morgan fingerprint density at radius 3 is 2.58 bits per heavy atom. The number of para-hydroxylation sites is 1. The van der Waals surface area contributed by atoms with Gasteiger partial charge in [0.25, 0.3) is 0 Å². The average molecular weight is 413 g/mol. The van der Waals surface area contributed by atoms with Crippen molar-refractivity contribution in [3.63, 3.8) is 0 Å². The minimum atomic E-state index is 0.253. The fourth-order valence-electron chi connectivity index (χ4n) is 3.66. The van der Waals surface area contributed by atoms with Crippen LogP contribution in [0.1, 0.15) is 11.1 Å². The zero-order valence-electron chi connectivity index (χ0n) is 17.0. The van der Waals surface area contributed by atoms with Gasteiger partial charge in [-0.1, -0.05) is 30.3 Å². The molecule has 6 heteroatoms. The van der Waals surface area contributed by atoms with Gasteiger partial charge in [-0.05, 0) is 61.0 Å². The molecule has 3 aromatic carbocycles. The number of nitrogens with one attached hydrogen (secondary N) is 1. The molecule has 5 rings (SSSR count). The molecule has 1 aromatic heterocycles.